The minimum Gasteiger partial charge on any atom is -0.444 e. The fraction of sp³-hybridized carbons (Fsp3) is 0.364. The average molecular weight is 539 g/mol. The fourth-order valence-corrected chi connectivity index (χ4v) is 5.56. The minimum absolute atomic E-state index is 0.0555. The molecule has 1 aromatic heterocycles. The van der Waals surface area contributed by atoms with Crippen molar-refractivity contribution in [1.82, 2.24) is 14.5 Å². The first-order chi connectivity index (χ1) is 19.1. The first-order valence-electron chi connectivity index (χ1n) is 14.0. The second-order valence-corrected chi connectivity index (χ2v) is 11.6. The molecule has 0 bridgehead atoms. The van der Waals surface area contributed by atoms with Gasteiger partial charge in [0.2, 0.25) is 0 Å². The molecule has 7 nitrogen and oxygen atoms in total. The van der Waals surface area contributed by atoms with Crippen LogP contribution in [0.1, 0.15) is 56.6 Å². The van der Waals surface area contributed by atoms with Crippen molar-refractivity contribution in [3.8, 4) is 0 Å². The van der Waals surface area contributed by atoms with Crippen molar-refractivity contribution in [2.24, 2.45) is 0 Å². The number of benzene rings is 3. The Kier molecular flexibility index (Phi) is 7.66. The summed E-state index contributed by atoms with van der Waals surface area (Å²) in [5.41, 5.74) is 3.22. The molecule has 0 N–H and O–H groups in total. The van der Waals surface area contributed by atoms with Crippen molar-refractivity contribution in [1.29, 1.82) is 0 Å². The van der Waals surface area contributed by atoms with E-state index in [0.29, 0.717) is 29.8 Å². The van der Waals surface area contributed by atoms with Gasteiger partial charge >= 0.3 is 6.09 Å². The van der Waals surface area contributed by atoms with E-state index in [4.69, 9.17) is 9.72 Å². The Morgan fingerprint density at radius 3 is 2.08 bits per heavy atom. The fourth-order valence-electron chi connectivity index (χ4n) is 5.56. The lowest BCUT2D eigenvalue weighted by molar-refractivity contribution is 0.0205. The first-order valence-corrected chi connectivity index (χ1v) is 14.0. The quantitative estimate of drug-likeness (QED) is 0.304. The normalized spacial score (nSPS) is 14.5. The summed E-state index contributed by atoms with van der Waals surface area (Å²) in [6.45, 7) is 8.87. The van der Waals surface area contributed by atoms with Gasteiger partial charge in [0, 0.05) is 31.9 Å². The molecule has 1 aliphatic heterocycles. The van der Waals surface area contributed by atoms with Crippen molar-refractivity contribution < 1.29 is 9.53 Å². The molecular formula is C33H38N4O3. The van der Waals surface area contributed by atoms with Crippen molar-refractivity contribution in [3.63, 3.8) is 0 Å². The summed E-state index contributed by atoms with van der Waals surface area (Å²) < 4.78 is 7.35. The molecule has 1 amide bonds. The SMILES string of the molecule is Cc1nc2cc(N(C)C3CCN(C(=O)OC(C)(C)C)CC3)ccc2c(=O)n1C(c1ccccc1)c1ccccc1. The molecule has 40 heavy (non-hydrogen) atoms. The number of anilines is 1. The molecule has 0 spiro atoms. The van der Waals surface area contributed by atoms with E-state index < -0.39 is 5.60 Å². The second kappa shape index (κ2) is 11.2. The molecule has 1 fully saturated rings. The summed E-state index contributed by atoms with van der Waals surface area (Å²) >= 11 is 0. The van der Waals surface area contributed by atoms with Crippen LogP contribution in [0.15, 0.2) is 83.7 Å². The standard InChI is InChI=1S/C33H38N4O3/c1-23-34-29-22-27(35(5)26-18-20-36(21-19-26)32(39)40-33(2,3)4)16-17-28(29)31(38)37(23)30(24-12-8-6-9-13-24)25-14-10-7-11-15-25/h6-17,22,26,30H,18-21H2,1-5H3. The Morgan fingerprint density at radius 1 is 0.950 bits per heavy atom. The van der Waals surface area contributed by atoms with E-state index in [-0.39, 0.29) is 23.7 Å². The molecule has 3 aromatic carbocycles. The van der Waals surface area contributed by atoms with Crippen LogP contribution in [-0.4, -0.2) is 52.3 Å². The van der Waals surface area contributed by atoms with E-state index in [0.717, 1.165) is 29.7 Å². The largest absolute Gasteiger partial charge is 0.444 e. The molecule has 0 unspecified atom stereocenters. The molecule has 0 atom stereocenters. The van der Waals surface area contributed by atoms with Gasteiger partial charge in [-0.3, -0.25) is 9.36 Å². The van der Waals surface area contributed by atoms with Gasteiger partial charge in [0.1, 0.15) is 11.4 Å². The topological polar surface area (TPSA) is 67.7 Å². The summed E-state index contributed by atoms with van der Waals surface area (Å²) in [5.74, 6) is 0.667. The first kappa shape index (κ1) is 27.4. The summed E-state index contributed by atoms with van der Waals surface area (Å²) in [4.78, 5) is 35.4. The lowest BCUT2D eigenvalue weighted by Gasteiger charge is -2.38. The van der Waals surface area contributed by atoms with Gasteiger partial charge in [-0.1, -0.05) is 60.7 Å². The van der Waals surface area contributed by atoms with Crippen molar-refractivity contribution >= 4 is 22.7 Å². The zero-order chi connectivity index (χ0) is 28.4. The smallest absolute Gasteiger partial charge is 0.410 e. The number of fused-ring (bicyclic) bond motifs is 1. The van der Waals surface area contributed by atoms with Gasteiger partial charge in [0.15, 0.2) is 0 Å². The van der Waals surface area contributed by atoms with Gasteiger partial charge in [-0.25, -0.2) is 9.78 Å². The van der Waals surface area contributed by atoms with Gasteiger partial charge < -0.3 is 14.5 Å². The molecule has 4 aromatic rings. The Balaban J connectivity index is 1.42. The zero-order valence-corrected chi connectivity index (χ0v) is 24.0. The van der Waals surface area contributed by atoms with E-state index >= 15 is 0 Å². The number of piperidine rings is 1. The van der Waals surface area contributed by atoms with Crippen molar-refractivity contribution in [3.05, 3.63) is 106 Å². The number of nitrogens with zero attached hydrogens (tertiary/aromatic N) is 4. The average Bonchev–Trinajstić information content (AvgIpc) is 2.94. The maximum atomic E-state index is 14.0. The zero-order valence-electron chi connectivity index (χ0n) is 24.0. The Bertz CT molecular complexity index is 1500. The third-order valence-corrected chi connectivity index (χ3v) is 7.62. The molecule has 1 saturated heterocycles. The number of aromatic nitrogens is 2. The summed E-state index contributed by atoms with van der Waals surface area (Å²) in [6, 6.07) is 26.1. The van der Waals surface area contributed by atoms with E-state index in [1.54, 1.807) is 4.90 Å². The van der Waals surface area contributed by atoms with Crippen LogP contribution in [0.5, 0.6) is 0 Å². The summed E-state index contributed by atoms with van der Waals surface area (Å²) in [6.07, 6.45) is 1.44. The molecule has 208 valence electrons. The van der Waals surface area contributed by atoms with E-state index in [9.17, 15) is 9.59 Å². The van der Waals surface area contributed by atoms with Crippen LogP contribution in [-0.2, 0) is 4.74 Å². The molecular weight excluding hydrogens is 500 g/mol. The number of hydrogen-bond donors (Lipinski definition) is 0. The molecule has 0 aliphatic carbocycles. The maximum Gasteiger partial charge on any atom is 0.410 e. The highest BCUT2D eigenvalue weighted by molar-refractivity contribution is 5.82. The number of hydrogen-bond acceptors (Lipinski definition) is 5. The third-order valence-electron chi connectivity index (χ3n) is 7.62. The van der Waals surface area contributed by atoms with Gasteiger partial charge in [-0.2, -0.15) is 0 Å². The molecule has 0 saturated carbocycles. The van der Waals surface area contributed by atoms with Crippen LogP contribution >= 0.6 is 0 Å². The summed E-state index contributed by atoms with van der Waals surface area (Å²) in [5, 5.41) is 0.597. The lowest BCUT2D eigenvalue weighted by Crippen LogP contribution is -2.47. The molecule has 0 radical (unpaired) electrons. The van der Waals surface area contributed by atoms with E-state index in [1.807, 2.05) is 86.9 Å². The highest BCUT2D eigenvalue weighted by Gasteiger charge is 2.29. The van der Waals surface area contributed by atoms with E-state index in [2.05, 4.69) is 36.2 Å². The number of amides is 1. The third kappa shape index (κ3) is 5.74. The monoisotopic (exact) mass is 538 g/mol. The lowest BCUT2D eigenvalue weighted by atomic mass is 9.98. The van der Waals surface area contributed by atoms with Crippen LogP contribution in [0.3, 0.4) is 0 Å². The maximum absolute atomic E-state index is 14.0. The molecule has 7 heteroatoms. The molecule has 5 rings (SSSR count). The predicted octanol–water partition coefficient (Wildman–Crippen LogP) is 6.18. The second-order valence-electron chi connectivity index (χ2n) is 11.6. The van der Waals surface area contributed by atoms with E-state index in [1.165, 1.54) is 0 Å². The summed E-state index contributed by atoms with van der Waals surface area (Å²) in [7, 11) is 2.07. The Hall–Kier alpha value is -4.13. The van der Waals surface area contributed by atoms with Crippen LogP contribution in [0, 0.1) is 6.92 Å². The van der Waals surface area contributed by atoms with Crippen LogP contribution in [0.25, 0.3) is 10.9 Å². The predicted molar refractivity (Wildman–Crippen MR) is 160 cm³/mol. The van der Waals surface area contributed by atoms with Crippen LogP contribution < -0.4 is 10.5 Å². The molecule has 2 heterocycles. The van der Waals surface area contributed by atoms with Crippen LogP contribution in [0.2, 0.25) is 0 Å². The molecule has 1 aliphatic rings. The number of aryl methyl sites for hydroxylation is 1. The Labute approximate surface area is 236 Å². The number of carbonyl (C=O) groups excluding carboxylic acids is 1. The number of likely N-dealkylation sites (tertiary alicyclic amines) is 1. The van der Waals surface area contributed by atoms with Gasteiger partial charge in [0.25, 0.3) is 5.56 Å². The minimum atomic E-state index is -0.498. The highest BCUT2D eigenvalue weighted by Crippen LogP contribution is 2.29. The highest BCUT2D eigenvalue weighted by atomic mass is 16.6. The Morgan fingerprint density at radius 2 is 1.52 bits per heavy atom. The van der Waals surface area contributed by atoms with Crippen molar-refractivity contribution in [2.75, 3.05) is 25.0 Å². The van der Waals surface area contributed by atoms with Gasteiger partial charge in [-0.15, -0.1) is 0 Å². The number of ether oxygens (including phenoxy) is 1. The van der Waals surface area contributed by atoms with Gasteiger partial charge in [-0.05, 0) is 69.9 Å². The van der Waals surface area contributed by atoms with Gasteiger partial charge in [0.05, 0.1) is 16.9 Å². The number of rotatable bonds is 5. The van der Waals surface area contributed by atoms with Crippen LogP contribution in [0.4, 0.5) is 10.5 Å². The number of carbonyl (C=O) groups is 1. The van der Waals surface area contributed by atoms with Crippen molar-refractivity contribution in [2.45, 2.75) is 58.2 Å².